The van der Waals surface area contributed by atoms with Gasteiger partial charge in [-0.1, -0.05) is 13.8 Å². The first-order valence-electron chi connectivity index (χ1n) is 6.27. The van der Waals surface area contributed by atoms with Crippen LogP contribution in [0, 0.1) is 11.8 Å². The van der Waals surface area contributed by atoms with E-state index in [-0.39, 0.29) is 12.1 Å². The quantitative estimate of drug-likeness (QED) is 0.616. The number of nitrogens with one attached hydrogen (secondary N) is 1. The van der Waals surface area contributed by atoms with Crippen molar-refractivity contribution >= 4 is 0 Å². The fourth-order valence-corrected chi connectivity index (χ4v) is 2.09. The molecular weight excluding hydrogens is 204 g/mol. The Labute approximate surface area is 98.5 Å². The highest BCUT2D eigenvalue weighted by molar-refractivity contribution is 4.90. The number of rotatable bonds is 6. The fraction of sp³-hybridized carbons (Fsp3) is 1.00. The van der Waals surface area contributed by atoms with Gasteiger partial charge in [-0.15, -0.1) is 0 Å². The molecule has 1 aliphatic heterocycles. The van der Waals surface area contributed by atoms with Crippen LogP contribution in [0.5, 0.6) is 0 Å². The molecule has 0 aliphatic carbocycles. The molecule has 0 aromatic rings. The fourth-order valence-electron chi connectivity index (χ4n) is 2.09. The van der Waals surface area contributed by atoms with Gasteiger partial charge in [-0.2, -0.15) is 0 Å². The van der Waals surface area contributed by atoms with Crippen LogP contribution in [0.15, 0.2) is 0 Å². The molecule has 1 fully saturated rings. The standard InChI is InChI=1S/C12H26N2O2/c1-10(2)11(7-13)8-14-12(9-15)3-5-16-6-4-12/h10-11,14-15H,3-9,13H2,1-2H3. The number of nitrogens with two attached hydrogens (primary N) is 1. The van der Waals surface area contributed by atoms with E-state index < -0.39 is 0 Å². The molecule has 1 unspecified atom stereocenters. The van der Waals surface area contributed by atoms with E-state index in [1.54, 1.807) is 0 Å². The average Bonchev–Trinajstić information content (AvgIpc) is 2.30. The summed E-state index contributed by atoms with van der Waals surface area (Å²) >= 11 is 0. The van der Waals surface area contributed by atoms with Crippen molar-refractivity contribution in [2.75, 3.05) is 32.9 Å². The van der Waals surface area contributed by atoms with Gasteiger partial charge in [0.15, 0.2) is 0 Å². The van der Waals surface area contributed by atoms with Crippen molar-refractivity contribution < 1.29 is 9.84 Å². The van der Waals surface area contributed by atoms with Crippen LogP contribution in [0.4, 0.5) is 0 Å². The summed E-state index contributed by atoms with van der Waals surface area (Å²) in [5.41, 5.74) is 5.61. The molecule has 0 amide bonds. The monoisotopic (exact) mass is 230 g/mol. The smallest absolute Gasteiger partial charge is 0.0615 e. The number of hydrogen-bond acceptors (Lipinski definition) is 4. The van der Waals surface area contributed by atoms with Gasteiger partial charge in [0.2, 0.25) is 0 Å². The summed E-state index contributed by atoms with van der Waals surface area (Å²) in [6.07, 6.45) is 1.78. The molecular formula is C12H26N2O2. The van der Waals surface area contributed by atoms with Crippen molar-refractivity contribution in [3.05, 3.63) is 0 Å². The Hall–Kier alpha value is -0.160. The molecule has 0 aromatic carbocycles. The van der Waals surface area contributed by atoms with Crippen molar-refractivity contribution in [2.24, 2.45) is 17.6 Å². The lowest BCUT2D eigenvalue weighted by Gasteiger charge is -2.38. The van der Waals surface area contributed by atoms with Crippen molar-refractivity contribution in [2.45, 2.75) is 32.2 Å². The molecule has 96 valence electrons. The van der Waals surface area contributed by atoms with Crippen molar-refractivity contribution in [1.82, 2.24) is 5.32 Å². The topological polar surface area (TPSA) is 67.5 Å². The first-order valence-corrected chi connectivity index (χ1v) is 6.27. The van der Waals surface area contributed by atoms with Gasteiger partial charge < -0.3 is 20.9 Å². The molecule has 0 saturated carbocycles. The Bertz CT molecular complexity index is 191. The van der Waals surface area contributed by atoms with Crippen molar-refractivity contribution in [3.63, 3.8) is 0 Å². The third kappa shape index (κ3) is 3.70. The SMILES string of the molecule is CC(C)C(CN)CNC1(CO)CCOCC1. The minimum absolute atomic E-state index is 0.138. The highest BCUT2D eigenvalue weighted by Crippen LogP contribution is 2.21. The number of ether oxygens (including phenoxy) is 1. The summed E-state index contributed by atoms with van der Waals surface area (Å²) in [6.45, 7) is 7.62. The van der Waals surface area contributed by atoms with E-state index in [4.69, 9.17) is 10.5 Å². The average molecular weight is 230 g/mol. The lowest BCUT2D eigenvalue weighted by molar-refractivity contribution is 0.00966. The van der Waals surface area contributed by atoms with E-state index in [0.29, 0.717) is 18.4 Å². The van der Waals surface area contributed by atoms with Crippen LogP contribution < -0.4 is 11.1 Å². The molecule has 0 aromatic heterocycles. The van der Waals surface area contributed by atoms with Crippen LogP contribution in [-0.2, 0) is 4.74 Å². The number of aliphatic hydroxyl groups is 1. The maximum absolute atomic E-state index is 9.52. The van der Waals surface area contributed by atoms with Gasteiger partial charge in [-0.25, -0.2) is 0 Å². The van der Waals surface area contributed by atoms with Crippen LogP contribution in [-0.4, -0.2) is 43.6 Å². The van der Waals surface area contributed by atoms with Crippen molar-refractivity contribution in [1.29, 1.82) is 0 Å². The van der Waals surface area contributed by atoms with E-state index in [1.165, 1.54) is 0 Å². The Kier molecular flexibility index (Phi) is 5.69. The van der Waals surface area contributed by atoms with Gasteiger partial charge in [-0.05, 0) is 31.2 Å². The Morgan fingerprint density at radius 1 is 1.38 bits per heavy atom. The van der Waals surface area contributed by atoms with E-state index in [1.807, 2.05) is 0 Å². The zero-order valence-corrected chi connectivity index (χ0v) is 10.5. The maximum Gasteiger partial charge on any atom is 0.0615 e. The van der Waals surface area contributed by atoms with Crippen LogP contribution in [0.1, 0.15) is 26.7 Å². The van der Waals surface area contributed by atoms with Crippen molar-refractivity contribution in [3.8, 4) is 0 Å². The lowest BCUT2D eigenvalue weighted by Crippen LogP contribution is -2.54. The van der Waals surface area contributed by atoms with Crippen LogP contribution >= 0.6 is 0 Å². The molecule has 16 heavy (non-hydrogen) atoms. The first kappa shape index (κ1) is 13.9. The second kappa shape index (κ2) is 6.55. The van der Waals surface area contributed by atoms with Gasteiger partial charge in [0.05, 0.1) is 6.61 Å². The molecule has 1 heterocycles. The molecule has 1 aliphatic rings. The van der Waals surface area contributed by atoms with Gasteiger partial charge in [0, 0.05) is 25.3 Å². The van der Waals surface area contributed by atoms with E-state index in [0.717, 1.165) is 32.6 Å². The lowest BCUT2D eigenvalue weighted by atomic mass is 9.88. The number of aliphatic hydroxyl groups excluding tert-OH is 1. The third-order valence-corrected chi connectivity index (χ3v) is 3.74. The van der Waals surface area contributed by atoms with E-state index in [9.17, 15) is 5.11 Å². The summed E-state index contributed by atoms with van der Waals surface area (Å²) in [7, 11) is 0. The number of hydrogen-bond donors (Lipinski definition) is 3. The predicted molar refractivity (Wildman–Crippen MR) is 65.3 cm³/mol. The Balaban J connectivity index is 2.43. The van der Waals surface area contributed by atoms with Gasteiger partial charge in [0.1, 0.15) is 0 Å². The Morgan fingerprint density at radius 3 is 2.44 bits per heavy atom. The highest BCUT2D eigenvalue weighted by Gasteiger charge is 2.32. The molecule has 1 atom stereocenters. The molecule has 4 heteroatoms. The molecule has 1 saturated heterocycles. The van der Waals surface area contributed by atoms with E-state index >= 15 is 0 Å². The zero-order chi connectivity index (χ0) is 12.0. The van der Waals surface area contributed by atoms with E-state index in [2.05, 4.69) is 19.2 Å². The molecule has 0 radical (unpaired) electrons. The third-order valence-electron chi connectivity index (χ3n) is 3.74. The first-order chi connectivity index (χ1) is 7.63. The van der Waals surface area contributed by atoms with Gasteiger partial charge in [-0.3, -0.25) is 0 Å². The summed E-state index contributed by atoms with van der Waals surface area (Å²) in [5.74, 6) is 1.05. The molecule has 4 nitrogen and oxygen atoms in total. The predicted octanol–water partition coefficient (Wildman–Crippen LogP) is 0.348. The van der Waals surface area contributed by atoms with Crippen LogP contribution in [0.2, 0.25) is 0 Å². The Morgan fingerprint density at radius 2 is 2.00 bits per heavy atom. The van der Waals surface area contributed by atoms with Gasteiger partial charge >= 0.3 is 0 Å². The second-order valence-corrected chi connectivity index (χ2v) is 5.17. The summed E-state index contributed by atoms with van der Waals surface area (Å²) < 4.78 is 5.33. The van der Waals surface area contributed by atoms with Gasteiger partial charge in [0.25, 0.3) is 0 Å². The normalized spacial score (nSPS) is 22.3. The molecule has 0 bridgehead atoms. The molecule has 1 rings (SSSR count). The maximum atomic E-state index is 9.52. The highest BCUT2D eigenvalue weighted by atomic mass is 16.5. The van der Waals surface area contributed by atoms with Crippen LogP contribution in [0.25, 0.3) is 0 Å². The largest absolute Gasteiger partial charge is 0.394 e. The minimum Gasteiger partial charge on any atom is -0.394 e. The zero-order valence-electron chi connectivity index (χ0n) is 10.5. The summed E-state index contributed by atoms with van der Waals surface area (Å²) in [4.78, 5) is 0. The van der Waals surface area contributed by atoms with Crippen LogP contribution in [0.3, 0.4) is 0 Å². The second-order valence-electron chi connectivity index (χ2n) is 5.17. The summed E-state index contributed by atoms with van der Waals surface area (Å²) in [6, 6.07) is 0. The minimum atomic E-state index is -0.138. The molecule has 4 N–H and O–H groups in total. The summed E-state index contributed by atoms with van der Waals surface area (Å²) in [5, 5.41) is 13.0. The molecule has 0 spiro atoms.